The molecule has 0 aromatic rings. The molecule has 0 atom stereocenters. The molecular formula is C5H4F3NOS. The summed E-state index contributed by atoms with van der Waals surface area (Å²) in [6, 6.07) is 0. The Bertz CT molecular complexity index is 204. The van der Waals surface area contributed by atoms with Crippen LogP contribution in [-0.2, 0) is 4.79 Å². The van der Waals surface area contributed by atoms with Crippen LogP contribution >= 0.6 is 11.8 Å². The van der Waals surface area contributed by atoms with Crippen molar-refractivity contribution in [1.29, 1.82) is 0 Å². The lowest BCUT2D eigenvalue weighted by Crippen LogP contribution is -2.54. The summed E-state index contributed by atoms with van der Waals surface area (Å²) in [5.74, 6) is -0.322. The first-order valence-corrected chi connectivity index (χ1v) is 3.91. The Labute approximate surface area is 64.9 Å². The van der Waals surface area contributed by atoms with E-state index in [1.165, 1.54) is 0 Å². The van der Waals surface area contributed by atoms with Crippen molar-refractivity contribution in [3.8, 4) is 0 Å². The van der Waals surface area contributed by atoms with Gasteiger partial charge in [0.2, 0.25) is 6.08 Å². The Hall–Kier alpha value is -0.480. The maximum absolute atomic E-state index is 12.1. The Morgan fingerprint density at radius 1 is 1.45 bits per heavy atom. The smallest absolute Gasteiger partial charge is 0.211 e. The summed E-state index contributed by atoms with van der Waals surface area (Å²) in [5, 5.41) is 0. The van der Waals surface area contributed by atoms with Crippen molar-refractivity contribution in [3.63, 3.8) is 0 Å². The second-order valence-corrected chi connectivity index (χ2v) is 3.21. The van der Waals surface area contributed by atoms with Crippen LogP contribution in [0.2, 0.25) is 0 Å². The average Bonchev–Trinajstić information content (AvgIpc) is 1.75. The van der Waals surface area contributed by atoms with Gasteiger partial charge in [-0.25, -0.2) is 4.79 Å². The topological polar surface area (TPSA) is 29.4 Å². The molecule has 0 saturated carbocycles. The maximum Gasteiger partial charge on any atom is 0.416 e. The van der Waals surface area contributed by atoms with Crippen LogP contribution in [0, 0.1) is 0 Å². The van der Waals surface area contributed by atoms with E-state index < -0.39 is 11.7 Å². The summed E-state index contributed by atoms with van der Waals surface area (Å²) in [6.07, 6.45) is -3.45. The van der Waals surface area contributed by atoms with Gasteiger partial charge in [0.1, 0.15) is 0 Å². The number of hydrogen-bond acceptors (Lipinski definition) is 3. The van der Waals surface area contributed by atoms with Gasteiger partial charge in [-0.3, -0.25) is 0 Å². The number of nitrogens with zero attached hydrogens (tertiary/aromatic N) is 1. The Morgan fingerprint density at radius 3 is 2.09 bits per heavy atom. The first kappa shape index (κ1) is 8.62. The number of rotatable bonds is 1. The largest absolute Gasteiger partial charge is 0.416 e. The van der Waals surface area contributed by atoms with E-state index in [4.69, 9.17) is 0 Å². The Balaban J connectivity index is 2.84. The van der Waals surface area contributed by atoms with Gasteiger partial charge in [0.05, 0.1) is 0 Å². The number of halogens is 3. The van der Waals surface area contributed by atoms with Crippen molar-refractivity contribution < 1.29 is 18.0 Å². The van der Waals surface area contributed by atoms with Crippen LogP contribution < -0.4 is 0 Å². The van der Waals surface area contributed by atoms with E-state index in [-0.39, 0.29) is 11.5 Å². The molecule has 0 N–H and O–H groups in total. The standard InChI is InChI=1S/C5H4F3NOS/c6-5(7,8)4(9-3-10)1-11-2-4/h1-2H2. The van der Waals surface area contributed by atoms with Crippen LogP contribution in [0.4, 0.5) is 13.2 Å². The molecule has 0 bridgehead atoms. The van der Waals surface area contributed by atoms with E-state index in [9.17, 15) is 18.0 Å². The minimum atomic E-state index is -4.41. The molecule has 1 aliphatic rings. The molecule has 1 saturated heterocycles. The third-order valence-electron chi connectivity index (χ3n) is 1.47. The number of thioether (sulfide) groups is 1. The molecule has 6 heteroatoms. The van der Waals surface area contributed by atoms with Crippen LogP contribution in [0.1, 0.15) is 0 Å². The normalized spacial score (nSPS) is 21.7. The zero-order valence-electron chi connectivity index (χ0n) is 5.31. The molecule has 1 heterocycles. The maximum atomic E-state index is 12.1. The van der Waals surface area contributed by atoms with Gasteiger partial charge in [0.25, 0.3) is 0 Å². The predicted molar refractivity (Wildman–Crippen MR) is 34.2 cm³/mol. The lowest BCUT2D eigenvalue weighted by molar-refractivity contribution is -0.174. The molecule has 2 nitrogen and oxygen atoms in total. The van der Waals surface area contributed by atoms with Gasteiger partial charge in [-0.2, -0.15) is 29.9 Å². The van der Waals surface area contributed by atoms with E-state index in [0.29, 0.717) is 0 Å². The lowest BCUT2D eigenvalue weighted by Gasteiger charge is -2.37. The van der Waals surface area contributed by atoms with E-state index in [1.54, 1.807) is 0 Å². The number of alkyl halides is 3. The highest BCUT2D eigenvalue weighted by Gasteiger charge is 2.59. The van der Waals surface area contributed by atoms with Crippen molar-refractivity contribution in [2.75, 3.05) is 11.5 Å². The van der Waals surface area contributed by atoms with Gasteiger partial charge < -0.3 is 0 Å². The van der Waals surface area contributed by atoms with Gasteiger partial charge in [-0.1, -0.05) is 0 Å². The number of isocyanates is 1. The summed E-state index contributed by atoms with van der Waals surface area (Å²) in [7, 11) is 0. The fourth-order valence-electron chi connectivity index (χ4n) is 0.674. The first-order chi connectivity index (χ1) is 5.02. The summed E-state index contributed by atoms with van der Waals surface area (Å²) < 4.78 is 36.2. The molecule has 1 rings (SSSR count). The molecule has 0 amide bonds. The summed E-state index contributed by atoms with van der Waals surface area (Å²) in [6.45, 7) is 0. The quantitative estimate of drug-likeness (QED) is 0.454. The lowest BCUT2D eigenvalue weighted by atomic mass is 10.1. The molecule has 0 aliphatic carbocycles. The van der Waals surface area contributed by atoms with Gasteiger partial charge in [-0.05, 0) is 0 Å². The third-order valence-corrected chi connectivity index (χ3v) is 2.83. The molecule has 1 aliphatic heterocycles. The molecule has 11 heavy (non-hydrogen) atoms. The fourth-order valence-corrected chi connectivity index (χ4v) is 1.72. The van der Waals surface area contributed by atoms with Crippen molar-refractivity contribution in [3.05, 3.63) is 0 Å². The zero-order valence-corrected chi connectivity index (χ0v) is 6.13. The SMILES string of the molecule is O=C=NC1(C(F)(F)F)CSC1. The third kappa shape index (κ3) is 1.28. The minimum absolute atomic E-state index is 0.161. The van der Waals surface area contributed by atoms with Gasteiger partial charge in [0.15, 0.2) is 5.54 Å². The highest BCUT2D eigenvalue weighted by Crippen LogP contribution is 2.45. The van der Waals surface area contributed by atoms with Crippen molar-refractivity contribution in [2.24, 2.45) is 4.99 Å². The molecule has 0 aromatic heterocycles. The fraction of sp³-hybridized carbons (Fsp3) is 0.800. The molecule has 0 aromatic carbocycles. The molecule has 62 valence electrons. The van der Waals surface area contributed by atoms with Crippen molar-refractivity contribution in [1.82, 2.24) is 0 Å². The highest BCUT2D eigenvalue weighted by molar-refractivity contribution is 8.00. The molecule has 1 fully saturated rings. The Kier molecular flexibility index (Phi) is 1.98. The molecular weight excluding hydrogens is 179 g/mol. The van der Waals surface area contributed by atoms with E-state index in [1.807, 2.05) is 0 Å². The van der Waals surface area contributed by atoms with Gasteiger partial charge in [-0.15, -0.1) is 0 Å². The average molecular weight is 183 g/mol. The summed E-state index contributed by atoms with van der Waals surface area (Å²) in [4.78, 5) is 12.4. The van der Waals surface area contributed by atoms with E-state index in [0.717, 1.165) is 17.8 Å². The first-order valence-electron chi connectivity index (χ1n) is 2.75. The van der Waals surface area contributed by atoms with Crippen LogP contribution in [0.3, 0.4) is 0 Å². The molecule has 0 unspecified atom stereocenters. The second-order valence-electron chi connectivity index (χ2n) is 2.23. The Morgan fingerprint density at radius 2 is 2.00 bits per heavy atom. The predicted octanol–water partition coefficient (Wildman–Crippen LogP) is 1.37. The minimum Gasteiger partial charge on any atom is -0.211 e. The van der Waals surface area contributed by atoms with Crippen LogP contribution in [0.25, 0.3) is 0 Å². The second kappa shape index (κ2) is 2.53. The highest BCUT2D eigenvalue weighted by atomic mass is 32.2. The summed E-state index contributed by atoms with van der Waals surface area (Å²) in [5.41, 5.74) is -2.13. The van der Waals surface area contributed by atoms with Gasteiger partial charge >= 0.3 is 6.18 Å². The molecule has 0 radical (unpaired) electrons. The summed E-state index contributed by atoms with van der Waals surface area (Å²) >= 11 is 1.12. The van der Waals surface area contributed by atoms with Crippen LogP contribution in [-0.4, -0.2) is 29.3 Å². The molecule has 0 spiro atoms. The van der Waals surface area contributed by atoms with E-state index in [2.05, 4.69) is 4.99 Å². The van der Waals surface area contributed by atoms with Crippen molar-refractivity contribution in [2.45, 2.75) is 11.7 Å². The number of carbonyl (C=O) groups excluding carboxylic acids is 1. The van der Waals surface area contributed by atoms with Crippen molar-refractivity contribution >= 4 is 17.8 Å². The van der Waals surface area contributed by atoms with Crippen LogP contribution in [0.5, 0.6) is 0 Å². The van der Waals surface area contributed by atoms with Gasteiger partial charge in [0, 0.05) is 11.5 Å². The number of aliphatic imine (C=N–C) groups is 1. The monoisotopic (exact) mass is 183 g/mol. The number of hydrogen-bond donors (Lipinski definition) is 0. The van der Waals surface area contributed by atoms with E-state index >= 15 is 0 Å². The van der Waals surface area contributed by atoms with Crippen LogP contribution in [0.15, 0.2) is 4.99 Å². The zero-order chi connectivity index (χ0) is 8.54.